The Balaban J connectivity index is 2.04. The van der Waals surface area contributed by atoms with Crippen molar-refractivity contribution in [2.24, 2.45) is 0 Å². The van der Waals surface area contributed by atoms with Gasteiger partial charge in [0.2, 0.25) is 0 Å². The normalized spacial score (nSPS) is 13.2. The van der Waals surface area contributed by atoms with E-state index in [9.17, 15) is 4.79 Å². The minimum Gasteiger partial charge on any atom is -0.481 e. The molecule has 0 saturated heterocycles. The fourth-order valence-electron chi connectivity index (χ4n) is 2.59. The Morgan fingerprint density at radius 1 is 1.04 bits per heavy atom. The molecule has 0 aliphatic heterocycles. The van der Waals surface area contributed by atoms with Crippen LogP contribution in [0, 0.1) is 20.8 Å². The number of nitrogens with one attached hydrogen (secondary N) is 1. The molecule has 0 bridgehead atoms. The largest absolute Gasteiger partial charge is 0.481 e. The summed E-state index contributed by atoms with van der Waals surface area (Å²) in [7, 11) is 0. The van der Waals surface area contributed by atoms with E-state index in [0.717, 1.165) is 28.9 Å². The molecule has 0 heterocycles. The Bertz CT molecular complexity index is 691. The molecule has 0 aliphatic rings. The van der Waals surface area contributed by atoms with E-state index in [1.165, 1.54) is 5.56 Å². The number of carbonyl (C=O) groups is 1. The van der Waals surface area contributed by atoms with E-state index in [1.807, 2.05) is 32.0 Å². The first-order chi connectivity index (χ1) is 11.4. The van der Waals surface area contributed by atoms with E-state index in [1.54, 1.807) is 6.92 Å². The molecule has 1 amide bonds. The van der Waals surface area contributed by atoms with Crippen molar-refractivity contribution in [3.05, 3.63) is 64.7 Å². The van der Waals surface area contributed by atoms with Crippen LogP contribution in [-0.2, 0) is 4.79 Å². The maximum Gasteiger partial charge on any atom is 0.261 e. The molecule has 2 rings (SSSR count). The van der Waals surface area contributed by atoms with Gasteiger partial charge in [-0.25, -0.2) is 0 Å². The van der Waals surface area contributed by atoms with Gasteiger partial charge in [0.05, 0.1) is 6.04 Å². The van der Waals surface area contributed by atoms with Crippen LogP contribution < -0.4 is 10.1 Å². The van der Waals surface area contributed by atoms with Crippen molar-refractivity contribution in [3.8, 4) is 5.75 Å². The minimum atomic E-state index is -0.537. The van der Waals surface area contributed by atoms with Gasteiger partial charge in [-0.3, -0.25) is 4.79 Å². The van der Waals surface area contributed by atoms with E-state index >= 15 is 0 Å². The van der Waals surface area contributed by atoms with Crippen molar-refractivity contribution in [3.63, 3.8) is 0 Å². The molecule has 0 radical (unpaired) electrons. The summed E-state index contributed by atoms with van der Waals surface area (Å²) in [4.78, 5) is 12.5. The van der Waals surface area contributed by atoms with Gasteiger partial charge in [0, 0.05) is 0 Å². The smallest absolute Gasteiger partial charge is 0.261 e. The zero-order chi connectivity index (χ0) is 17.7. The maximum atomic E-state index is 12.5. The lowest BCUT2D eigenvalue weighted by molar-refractivity contribution is -0.128. The van der Waals surface area contributed by atoms with Crippen LogP contribution in [0.2, 0.25) is 0 Å². The molecule has 0 fully saturated rings. The summed E-state index contributed by atoms with van der Waals surface area (Å²) >= 11 is 0. The highest BCUT2D eigenvalue weighted by Crippen LogP contribution is 2.21. The number of hydrogen-bond donors (Lipinski definition) is 1. The summed E-state index contributed by atoms with van der Waals surface area (Å²) < 4.78 is 5.88. The second-order valence-corrected chi connectivity index (χ2v) is 6.41. The molecule has 3 heteroatoms. The Labute approximate surface area is 145 Å². The van der Waals surface area contributed by atoms with Crippen molar-refractivity contribution in [1.82, 2.24) is 5.32 Å². The van der Waals surface area contributed by atoms with Gasteiger partial charge < -0.3 is 10.1 Å². The van der Waals surface area contributed by atoms with Crippen molar-refractivity contribution in [2.75, 3.05) is 0 Å². The summed E-state index contributed by atoms with van der Waals surface area (Å²) in [6.45, 7) is 9.92. The topological polar surface area (TPSA) is 38.3 Å². The SMILES string of the molecule is CCC(NC(=O)C(C)Oc1cc(C)ccc1C)c1ccc(C)cc1. The standard InChI is InChI=1S/C21H27NO2/c1-6-19(18-11-8-14(2)9-12-18)22-21(23)17(5)24-20-13-15(3)7-10-16(20)4/h7-13,17,19H,6H2,1-5H3,(H,22,23). The number of carbonyl (C=O) groups excluding carboxylic acids is 1. The van der Waals surface area contributed by atoms with Crippen LogP contribution in [0.5, 0.6) is 5.75 Å². The van der Waals surface area contributed by atoms with Crippen molar-refractivity contribution in [2.45, 2.75) is 53.2 Å². The lowest BCUT2D eigenvalue weighted by Crippen LogP contribution is -2.38. The number of ether oxygens (including phenoxy) is 1. The third-order valence-corrected chi connectivity index (χ3v) is 4.22. The Morgan fingerprint density at radius 2 is 1.67 bits per heavy atom. The minimum absolute atomic E-state index is 0.00255. The van der Waals surface area contributed by atoms with Crippen molar-refractivity contribution < 1.29 is 9.53 Å². The summed E-state index contributed by atoms with van der Waals surface area (Å²) in [6.07, 6.45) is 0.301. The van der Waals surface area contributed by atoms with E-state index in [-0.39, 0.29) is 11.9 Å². The number of aryl methyl sites for hydroxylation is 3. The molecular formula is C21H27NO2. The average molecular weight is 325 g/mol. The Morgan fingerprint density at radius 3 is 2.29 bits per heavy atom. The summed E-state index contributed by atoms with van der Waals surface area (Å²) in [6, 6.07) is 14.3. The van der Waals surface area contributed by atoms with Crippen LogP contribution in [0.25, 0.3) is 0 Å². The fourth-order valence-corrected chi connectivity index (χ4v) is 2.59. The summed E-state index contributed by atoms with van der Waals surface area (Å²) in [5, 5.41) is 3.09. The van der Waals surface area contributed by atoms with Gasteiger partial charge in [-0.15, -0.1) is 0 Å². The van der Waals surface area contributed by atoms with Gasteiger partial charge in [0.25, 0.3) is 5.91 Å². The van der Waals surface area contributed by atoms with Crippen LogP contribution in [0.3, 0.4) is 0 Å². The molecule has 0 saturated carbocycles. The van der Waals surface area contributed by atoms with Gasteiger partial charge >= 0.3 is 0 Å². The molecule has 2 atom stereocenters. The van der Waals surface area contributed by atoms with Crippen molar-refractivity contribution in [1.29, 1.82) is 0 Å². The van der Waals surface area contributed by atoms with E-state index in [2.05, 4.69) is 43.4 Å². The third kappa shape index (κ3) is 4.60. The third-order valence-electron chi connectivity index (χ3n) is 4.22. The van der Waals surface area contributed by atoms with Crippen LogP contribution in [-0.4, -0.2) is 12.0 Å². The Kier molecular flexibility index (Phi) is 6.02. The summed E-state index contributed by atoms with van der Waals surface area (Å²) in [5.41, 5.74) is 4.49. The summed E-state index contributed by atoms with van der Waals surface area (Å²) in [5.74, 6) is 0.671. The van der Waals surface area contributed by atoms with Crippen LogP contribution in [0.15, 0.2) is 42.5 Å². The van der Waals surface area contributed by atoms with Crippen LogP contribution in [0.1, 0.15) is 48.6 Å². The molecule has 3 nitrogen and oxygen atoms in total. The van der Waals surface area contributed by atoms with Gasteiger partial charge in [-0.05, 0) is 56.9 Å². The number of benzene rings is 2. The fraction of sp³-hybridized carbons (Fsp3) is 0.381. The quantitative estimate of drug-likeness (QED) is 0.840. The second kappa shape index (κ2) is 8.00. The van der Waals surface area contributed by atoms with E-state index < -0.39 is 6.10 Å². The molecule has 1 N–H and O–H groups in total. The van der Waals surface area contributed by atoms with Gasteiger partial charge in [-0.1, -0.05) is 48.9 Å². The molecule has 24 heavy (non-hydrogen) atoms. The zero-order valence-corrected chi connectivity index (χ0v) is 15.2. The lowest BCUT2D eigenvalue weighted by atomic mass is 10.0. The average Bonchev–Trinajstić information content (AvgIpc) is 2.56. The first-order valence-electron chi connectivity index (χ1n) is 8.51. The monoisotopic (exact) mass is 325 g/mol. The highest BCUT2D eigenvalue weighted by atomic mass is 16.5. The zero-order valence-electron chi connectivity index (χ0n) is 15.2. The van der Waals surface area contributed by atoms with Gasteiger partial charge in [-0.2, -0.15) is 0 Å². The number of hydrogen-bond acceptors (Lipinski definition) is 2. The van der Waals surface area contributed by atoms with Gasteiger partial charge in [0.15, 0.2) is 6.10 Å². The Hall–Kier alpha value is -2.29. The molecule has 2 unspecified atom stereocenters. The number of rotatable bonds is 6. The predicted octanol–water partition coefficient (Wildman–Crippen LogP) is 4.65. The molecule has 0 aromatic heterocycles. The molecule has 128 valence electrons. The maximum absolute atomic E-state index is 12.5. The highest BCUT2D eigenvalue weighted by Gasteiger charge is 2.20. The van der Waals surface area contributed by atoms with Crippen LogP contribution >= 0.6 is 0 Å². The van der Waals surface area contributed by atoms with Gasteiger partial charge in [0.1, 0.15) is 5.75 Å². The first-order valence-corrected chi connectivity index (χ1v) is 8.51. The molecule has 0 aliphatic carbocycles. The highest BCUT2D eigenvalue weighted by molar-refractivity contribution is 5.81. The lowest BCUT2D eigenvalue weighted by Gasteiger charge is -2.22. The number of amides is 1. The van der Waals surface area contributed by atoms with Crippen LogP contribution in [0.4, 0.5) is 0 Å². The van der Waals surface area contributed by atoms with E-state index in [4.69, 9.17) is 4.74 Å². The second-order valence-electron chi connectivity index (χ2n) is 6.41. The predicted molar refractivity (Wildman–Crippen MR) is 98.4 cm³/mol. The molecule has 2 aromatic carbocycles. The molecule has 0 spiro atoms. The van der Waals surface area contributed by atoms with Crippen molar-refractivity contribution >= 4 is 5.91 Å². The first kappa shape index (κ1) is 18.1. The molecule has 2 aromatic rings. The molecular weight excluding hydrogens is 298 g/mol. The van der Waals surface area contributed by atoms with E-state index in [0.29, 0.717) is 0 Å².